The second-order valence-corrected chi connectivity index (χ2v) is 6.27. The number of carbonyl (C=O) groups is 1. The monoisotopic (exact) mass is 370 g/mol. The molecule has 0 amide bonds. The molecular formula is C18H17ClF2O4. The van der Waals surface area contributed by atoms with Gasteiger partial charge in [-0.3, -0.25) is 0 Å². The molecule has 2 aromatic rings. The maximum atomic E-state index is 14.6. The van der Waals surface area contributed by atoms with Crippen molar-refractivity contribution >= 4 is 17.6 Å². The molecule has 0 fully saturated rings. The van der Waals surface area contributed by atoms with E-state index in [1.54, 1.807) is 13.8 Å². The van der Waals surface area contributed by atoms with Gasteiger partial charge in [-0.15, -0.1) is 0 Å². The Morgan fingerprint density at radius 1 is 1.24 bits per heavy atom. The van der Waals surface area contributed by atoms with Crippen LogP contribution in [0.25, 0.3) is 0 Å². The quantitative estimate of drug-likeness (QED) is 0.785. The number of rotatable bonds is 6. The Bertz CT molecular complexity index is 806. The number of phenolic OH excluding ortho intramolecular Hbond substituents is 1. The molecule has 2 N–H and O–H groups in total. The lowest BCUT2D eigenvalue weighted by atomic mass is 9.95. The number of phenols is 1. The van der Waals surface area contributed by atoms with Gasteiger partial charge in [-0.1, -0.05) is 31.5 Å². The van der Waals surface area contributed by atoms with Gasteiger partial charge in [0.05, 0.1) is 0 Å². The topological polar surface area (TPSA) is 66.8 Å². The summed E-state index contributed by atoms with van der Waals surface area (Å²) in [7, 11) is 0. The molecule has 134 valence electrons. The molecule has 0 aliphatic heterocycles. The zero-order valence-electron chi connectivity index (χ0n) is 13.6. The number of benzene rings is 2. The average Bonchev–Trinajstić information content (AvgIpc) is 2.51. The second-order valence-electron chi connectivity index (χ2n) is 5.86. The molecule has 7 heteroatoms. The predicted molar refractivity (Wildman–Crippen MR) is 89.5 cm³/mol. The van der Waals surface area contributed by atoms with Gasteiger partial charge in [0.15, 0.2) is 18.2 Å². The van der Waals surface area contributed by atoms with E-state index in [9.17, 15) is 18.7 Å². The van der Waals surface area contributed by atoms with Gasteiger partial charge in [0.2, 0.25) is 0 Å². The van der Waals surface area contributed by atoms with Crippen molar-refractivity contribution in [1.82, 2.24) is 0 Å². The van der Waals surface area contributed by atoms with Crippen LogP contribution in [0, 0.1) is 11.6 Å². The Hall–Kier alpha value is -2.34. The molecule has 4 nitrogen and oxygen atoms in total. The molecule has 0 aromatic heterocycles. The number of aromatic hydroxyl groups is 1. The van der Waals surface area contributed by atoms with E-state index in [1.165, 1.54) is 12.1 Å². The van der Waals surface area contributed by atoms with Crippen molar-refractivity contribution in [2.75, 3.05) is 6.61 Å². The Kier molecular flexibility index (Phi) is 5.85. The van der Waals surface area contributed by atoms with Crippen LogP contribution in [0.4, 0.5) is 8.78 Å². The van der Waals surface area contributed by atoms with Crippen LogP contribution in [-0.2, 0) is 11.2 Å². The molecule has 0 aliphatic carbocycles. The van der Waals surface area contributed by atoms with Crippen molar-refractivity contribution in [3.05, 3.63) is 57.6 Å². The fourth-order valence-corrected chi connectivity index (χ4v) is 2.69. The number of hydrogen-bond donors (Lipinski definition) is 2. The highest BCUT2D eigenvalue weighted by molar-refractivity contribution is 6.31. The summed E-state index contributed by atoms with van der Waals surface area (Å²) in [6.07, 6.45) is 0.0147. The molecule has 0 spiro atoms. The SMILES string of the molecule is CC(C)c1c(O)ccc(Cc2cc(F)c(OCC(=O)O)cc2Cl)c1F. The smallest absolute Gasteiger partial charge is 0.341 e. The fraction of sp³-hybridized carbons (Fsp3) is 0.278. The van der Waals surface area contributed by atoms with Crippen LogP contribution >= 0.6 is 11.6 Å². The van der Waals surface area contributed by atoms with Gasteiger partial charge in [-0.2, -0.15) is 0 Å². The minimum Gasteiger partial charge on any atom is -0.508 e. The van der Waals surface area contributed by atoms with Crippen LogP contribution in [0.3, 0.4) is 0 Å². The molecule has 0 saturated carbocycles. The third-order valence-electron chi connectivity index (χ3n) is 3.65. The summed E-state index contributed by atoms with van der Waals surface area (Å²) in [6, 6.07) is 5.06. The van der Waals surface area contributed by atoms with Crippen molar-refractivity contribution in [1.29, 1.82) is 0 Å². The normalized spacial score (nSPS) is 11.0. The summed E-state index contributed by atoms with van der Waals surface area (Å²) < 4.78 is 33.5. The Morgan fingerprint density at radius 3 is 2.52 bits per heavy atom. The van der Waals surface area contributed by atoms with Gasteiger partial charge in [-0.05, 0) is 29.2 Å². The van der Waals surface area contributed by atoms with E-state index >= 15 is 0 Å². The number of hydrogen-bond acceptors (Lipinski definition) is 3. The highest BCUT2D eigenvalue weighted by Crippen LogP contribution is 2.33. The summed E-state index contributed by atoms with van der Waals surface area (Å²) in [6.45, 7) is 2.81. The van der Waals surface area contributed by atoms with Crippen LogP contribution in [0.15, 0.2) is 24.3 Å². The molecule has 0 unspecified atom stereocenters. The zero-order valence-corrected chi connectivity index (χ0v) is 14.4. The zero-order chi connectivity index (χ0) is 18.7. The van der Waals surface area contributed by atoms with Gasteiger partial charge < -0.3 is 14.9 Å². The standard InChI is InChI=1S/C18H17ClF2O4/c1-9(2)17-14(22)4-3-10(18(17)21)5-11-6-13(20)15(7-12(11)19)25-8-16(23)24/h3-4,6-7,9,22H,5,8H2,1-2H3,(H,23,24). The largest absolute Gasteiger partial charge is 0.508 e. The average molecular weight is 371 g/mol. The van der Waals surface area contributed by atoms with Crippen LogP contribution < -0.4 is 4.74 Å². The molecule has 25 heavy (non-hydrogen) atoms. The number of ether oxygens (including phenoxy) is 1. The van der Waals surface area contributed by atoms with Crippen LogP contribution in [-0.4, -0.2) is 22.8 Å². The first-order valence-corrected chi connectivity index (χ1v) is 7.91. The van der Waals surface area contributed by atoms with E-state index in [-0.39, 0.29) is 40.0 Å². The Morgan fingerprint density at radius 2 is 1.92 bits per heavy atom. The Labute approximate surface area is 148 Å². The molecule has 0 bridgehead atoms. The van der Waals surface area contributed by atoms with Gasteiger partial charge in [0, 0.05) is 23.1 Å². The Balaban J connectivity index is 2.34. The number of carboxylic acid groups (broad SMARTS) is 1. The van der Waals surface area contributed by atoms with Crippen LogP contribution in [0.5, 0.6) is 11.5 Å². The molecule has 0 radical (unpaired) electrons. The van der Waals surface area contributed by atoms with Crippen molar-refractivity contribution in [2.45, 2.75) is 26.2 Å². The molecule has 2 rings (SSSR count). The van der Waals surface area contributed by atoms with E-state index < -0.39 is 24.2 Å². The van der Waals surface area contributed by atoms with E-state index in [0.29, 0.717) is 5.56 Å². The molecule has 2 aromatic carbocycles. The van der Waals surface area contributed by atoms with E-state index in [4.69, 9.17) is 21.4 Å². The molecule has 0 saturated heterocycles. The van der Waals surface area contributed by atoms with Gasteiger partial charge in [0.1, 0.15) is 11.6 Å². The van der Waals surface area contributed by atoms with Gasteiger partial charge in [0.25, 0.3) is 0 Å². The van der Waals surface area contributed by atoms with Crippen LogP contribution in [0.1, 0.15) is 36.5 Å². The molecule has 0 aliphatic rings. The van der Waals surface area contributed by atoms with Gasteiger partial charge >= 0.3 is 5.97 Å². The predicted octanol–water partition coefficient (Wildman–Crippen LogP) is 4.50. The molecule has 0 heterocycles. The van der Waals surface area contributed by atoms with E-state index in [0.717, 1.165) is 12.1 Å². The first-order valence-electron chi connectivity index (χ1n) is 7.53. The lowest BCUT2D eigenvalue weighted by Crippen LogP contribution is -2.10. The highest BCUT2D eigenvalue weighted by Gasteiger charge is 2.18. The number of aliphatic carboxylic acids is 1. The summed E-state index contributed by atoms with van der Waals surface area (Å²) in [5.41, 5.74) is 0.777. The fourth-order valence-electron chi connectivity index (χ4n) is 2.47. The minimum absolute atomic E-state index is 0.0147. The first kappa shape index (κ1) is 19.0. The number of carboxylic acids is 1. The van der Waals surface area contributed by atoms with Crippen LogP contribution in [0.2, 0.25) is 5.02 Å². The van der Waals surface area contributed by atoms with Crippen molar-refractivity contribution in [2.24, 2.45) is 0 Å². The summed E-state index contributed by atoms with van der Waals surface area (Å²) in [5.74, 6) is -3.23. The lowest BCUT2D eigenvalue weighted by molar-refractivity contribution is -0.139. The van der Waals surface area contributed by atoms with Gasteiger partial charge in [-0.25, -0.2) is 13.6 Å². The summed E-state index contributed by atoms with van der Waals surface area (Å²) >= 11 is 6.09. The highest BCUT2D eigenvalue weighted by atomic mass is 35.5. The maximum absolute atomic E-state index is 14.6. The summed E-state index contributed by atoms with van der Waals surface area (Å²) in [5, 5.41) is 18.5. The van der Waals surface area contributed by atoms with E-state index in [1.807, 2.05) is 0 Å². The third-order valence-corrected chi connectivity index (χ3v) is 4.00. The lowest BCUT2D eigenvalue weighted by Gasteiger charge is -2.14. The van der Waals surface area contributed by atoms with Crippen molar-refractivity contribution in [3.8, 4) is 11.5 Å². The first-order chi connectivity index (χ1) is 11.7. The maximum Gasteiger partial charge on any atom is 0.341 e. The summed E-state index contributed by atoms with van der Waals surface area (Å²) in [4.78, 5) is 10.5. The minimum atomic E-state index is -1.24. The molecule has 0 atom stereocenters. The van der Waals surface area contributed by atoms with Crippen molar-refractivity contribution in [3.63, 3.8) is 0 Å². The number of halogens is 3. The van der Waals surface area contributed by atoms with E-state index in [2.05, 4.69) is 0 Å². The molecular weight excluding hydrogens is 354 g/mol. The third kappa shape index (κ3) is 4.39. The second kappa shape index (κ2) is 7.70. The van der Waals surface area contributed by atoms with Crippen molar-refractivity contribution < 1.29 is 28.5 Å².